The number of aryl methyl sites for hydroxylation is 1. The highest BCUT2D eigenvalue weighted by Gasteiger charge is 2.01. The van der Waals surface area contributed by atoms with Crippen LogP contribution in [0, 0.1) is 6.92 Å². The lowest BCUT2D eigenvalue weighted by atomic mass is 10.1. The number of hydrogen-bond donors (Lipinski definition) is 1. The maximum absolute atomic E-state index is 5.80. The molecular weight excluding hydrogens is 208 g/mol. The van der Waals surface area contributed by atoms with E-state index in [1.165, 1.54) is 16.7 Å². The zero-order valence-corrected chi connectivity index (χ0v) is 10.6. The first-order valence-electron chi connectivity index (χ1n) is 6.09. The van der Waals surface area contributed by atoms with Gasteiger partial charge in [0, 0.05) is 25.0 Å². The molecule has 0 amide bonds. The molecule has 1 heterocycles. The van der Waals surface area contributed by atoms with E-state index in [-0.39, 0.29) is 6.04 Å². The van der Waals surface area contributed by atoms with Crippen LogP contribution in [0.25, 0.3) is 0 Å². The lowest BCUT2D eigenvalue weighted by molar-refractivity contribution is 0.731. The van der Waals surface area contributed by atoms with Crippen molar-refractivity contribution in [2.24, 2.45) is 5.73 Å². The molecule has 2 N–H and O–H groups in total. The van der Waals surface area contributed by atoms with Gasteiger partial charge in [-0.1, -0.05) is 29.8 Å². The molecule has 0 saturated heterocycles. The van der Waals surface area contributed by atoms with Crippen molar-refractivity contribution in [2.75, 3.05) is 0 Å². The predicted octanol–water partition coefficient (Wildman–Crippen LogP) is 2.73. The van der Waals surface area contributed by atoms with Crippen LogP contribution in [0.5, 0.6) is 0 Å². The van der Waals surface area contributed by atoms with Crippen LogP contribution in [0.4, 0.5) is 0 Å². The van der Waals surface area contributed by atoms with Gasteiger partial charge in [-0.15, -0.1) is 0 Å². The van der Waals surface area contributed by atoms with Gasteiger partial charge < -0.3 is 10.3 Å². The first kappa shape index (κ1) is 11.9. The van der Waals surface area contributed by atoms with Crippen molar-refractivity contribution in [1.82, 2.24) is 4.57 Å². The largest absolute Gasteiger partial charge is 0.350 e. The van der Waals surface area contributed by atoms with Gasteiger partial charge in [-0.25, -0.2) is 0 Å². The van der Waals surface area contributed by atoms with E-state index >= 15 is 0 Å². The second-order valence-electron chi connectivity index (χ2n) is 4.86. The molecule has 2 rings (SSSR count). The van der Waals surface area contributed by atoms with Crippen molar-refractivity contribution in [3.05, 3.63) is 59.4 Å². The Morgan fingerprint density at radius 1 is 1.24 bits per heavy atom. The molecule has 1 aromatic carbocycles. The average Bonchev–Trinajstić information content (AvgIpc) is 2.64. The van der Waals surface area contributed by atoms with Crippen LogP contribution >= 0.6 is 0 Å². The summed E-state index contributed by atoms with van der Waals surface area (Å²) < 4.78 is 2.21. The van der Waals surface area contributed by atoms with Crippen LogP contribution in [0.2, 0.25) is 0 Å². The zero-order valence-electron chi connectivity index (χ0n) is 10.6. The minimum absolute atomic E-state index is 0.227. The van der Waals surface area contributed by atoms with Gasteiger partial charge in [0.15, 0.2) is 0 Å². The maximum Gasteiger partial charge on any atom is 0.0470 e. The lowest BCUT2D eigenvalue weighted by Gasteiger charge is -2.05. The summed E-state index contributed by atoms with van der Waals surface area (Å²) in [5.74, 6) is 0. The molecule has 0 aliphatic rings. The molecule has 0 aliphatic carbocycles. The Labute approximate surface area is 103 Å². The molecule has 90 valence electrons. The molecule has 0 radical (unpaired) electrons. The third-order valence-electron chi connectivity index (χ3n) is 2.82. The highest BCUT2D eigenvalue weighted by Crippen LogP contribution is 2.09. The summed E-state index contributed by atoms with van der Waals surface area (Å²) >= 11 is 0. The predicted molar refractivity (Wildman–Crippen MR) is 72.1 cm³/mol. The highest BCUT2D eigenvalue weighted by molar-refractivity contribution is 5.23. The van der Waals surface area contributed by atoms with Gasteiger partial charge in [0.25, 0.3) is 0 Å². The van der Waals surface area contributed by atoms with Gasteiger partial charge in [-0.3, -0.25) is 0 Å². The van der Waals surface area contributed by atoms with E-state index in [1.54, 1.807) is 0 Å². The van der Waals surface area contributed by atoms with Crippen molar-refractivity contribution < 1.29 is 0 Å². The summed E-state index contributed by atoms with van der Waals surface area (Å²) in [4.78, 5) is 0. The SMILES string of the molecule is Cc1cccc(Cn2ccc(CC(C)N)c2)c1. The molecular formula is C15H20N2. The van der Waals surface area contributed by atoms with E-state index in [2.05, 4.69) is 54.2 Å². The molecule has 0 saturated carbocycles. The fourth-order valence-electron chi connectivity index (χ4n) is 2.10. The Kier molecular flexibility index (Phi) is 3.64. The Morgan fingerprint density at radius 2 is 2.06 bits per heavy atom. The van der Waals surface area contributed by atoms with Gasteiger partial charge >= 0.3 is 0 Å². The van der Waals surface area contributed by atoms with Crippen LogP contribution in [0.15, 0.2) is 42.7 Å². The third-order valence-corrected chi connectivity index (χ3v) is 2.82. The van der Waals surface area contributed by atoms with E-state index in [0.29, 0.717) is 0 Å². The van der Waals surface area contributed by atoms with E-state index in [1.807, 2.05) is 6.92 Å². The molecule has 1 unspecified atom stereocenters. The second kappa shape index (κ2) is 5.19. The number of nitrogens with zero attached hydrogens (tertiary/aromatic N) is 1. The Bertz CT molecular complexity index is 483. The number of rotatable bonds is 4. The summed E-state index contributed by atoms with van der Waals surface area (Å²) in [6.07, 6.45) is 5.26. The van der Waals surface area contributed by atoms with Crippen molar-refractivity contribution >= 4 is 0 Å². The van der Waals surface area contributed by atoms with Gasteiger partial charge in [-0.2, -0.15) is 0 Å². The van der Waals surface area contributed by atoms with Crippen LogP contribution in [0.3, 0.4) is 0 Å². The molecule has 0 fully saturated rings. The van der Waals surface area contributed by atoms with Crippen LogP contribution in [-0.4, -0.2) is 10.6 Å². The minimum atomic E-state index is 0.227. The van der Waals surface area contributed by atoms with Crippen LogP contribution < -0.4 is 5.73 Å². The van der Waals surface area contributed by atoms with Crippen molar-refractivity contribution in [2.45, 2.75) is 32.9 Å². The number of aromatic nitrogens is 1. The minimum Gasteiger partial charge on any atom is -0.350 e. The quantitative estimate of drug-likeness (QED) is 0.857. The molecule has 0 aliphatic heterocycles. The van der Waals surface area contributed by atoms with Crippen LogP contribution in [-0.2, 0) is 13.0 Å². The molecule has 17 heavy (non-hydrogen) atoms. The highest BCUT2D eigenvalue weighted by atomic mass is 14.9. The number of nitrogens with two attached hydrogens (primary N) is 1. The number of hydrogen-bond acceptors (Lipinski definition) is 1. The summed E-state index contributed by atoms with van der Waals surface area (Å²) in [5.41, 5.74) is 9.76. The van der Waals surface area contributed by atoms with Crippen molar-refractivity contribution in [3.8, 4) is 0 Å². The Hall–Kier alpha value is -1.54. The topological polar surface area (TPSA) is 30.9 Å². The molecule has 2 nitrogen and oxygen atoms in total. The zero-order chi connectivity index (χ0) is 12.3. The molecule has 0 bridgehead atoms. The van der Waals surface area contributed by atoms with Crippen molar-refractivity contribution in [3.63, 3.8) is 0 Å². The smallest absolute Gasteiger partial charge is 0.0470 e. The van der Waals surface area contributed by atoms with Gasteiger partial charge in [0.2, 0.25) is 0 Å². The fraction of sp³-hybridized carbons (Fsp3) is 0.333. The molecule has 0 spiro atoms. The van der Waals surface area contributed by atoms with E-state index in [0.717, 1.165) is 13.0 Å². The van der Waals surface area contributed by atoms with Gasteiger partial charge in [0.05, 0.1) is 0 Å². The van der Waals surface area contributed by atoms with E-state index in [4.69, 9.17) is 5.73 Å². The van der Waals surface area contributed by atoms with Gasteiger partial charge in [-0.05, 0) is 37.5 Å². The molecule has 1 atom stereocenters. The first-order valence-corrected chi connectivity index (χ1v) is 6.09. The standard InChI is InChI=1S/C15H20N2/c1-12-4-3-5-14(8-12)10-17-7-6-15(11-17)9-13(2)16/h3-8,11,13H,9-10,16H2,1-2H3. The maximum atomic E-state index is 5.80. The van der Waals surface area contributed by atoms with Crippen LogP contribution in [0.1, 0.15) is 23.6 Å². The number of benzene rings is 1. The molecule has 2 aromatic rings. The Balaban J connectivity index is 2.06. The fourth-order valence-corrected chi connectivity index (χ4v) is 2.10. The monoisotopic (exact) mass is 228 g/mol. The average molecular weight is 228 g/mol. The Morgan fingerprint density at radius 3 is 2.76 bits per heavy atom. The van der Waals surface area contributed by atoms with E-state index in [9.17, 15) is 0 Å². The summed E-state index contributed by atoms with van der Waals surface area (Å²) in [5, 5.41) is 0. The van der Waals surface area contributed by atoms with E-state index < -0.39 is 0 Å². The van der Waals surface area contributed by atoms with Crippen molar-refractivity contribution in [1.29, 1.82) is 0 Å². The first-order chi connectivity index (χ1) is 8.13. The summed E-state index contributed by atoms with van der Waals surface area (Å²) in [7, 11) is 0. The summed E-state index contributed by atoms with van der Waals surface area (Å²) in [6, 6.07) is 11.0. The third kappa shape index (κ3) is 3.46. The lowest BCUT2D eigenvalue weighted by Crippen LogP contribution is -2.17. The molecule has 1 aromatic heterocycles. The van der Waals surface area contributed by atoms with Gasteiger partial charge in [0.1, 0.15) is 0 Å². The second-order valence-corrected chi connectivity index (χ2v) is 4.86. The molecule has 2 heteroatoms. The normalized spacial score (nSPS) is 12.6. The summed E-state index contributed by atoms with van der Waals surface area (Å²) in [6.45, 7) is 5.10.